The molecule has 3 fully saturated rings. The third kappa shape index (κ3) is 1.67. The predicted octanol–water partition coefficient (Wildman–Crippen LogP) is 2.21. The van der Waals surface area contributed by atoms with Crippen LogP contribution in [0.1, 0.15) is 23.2 Å². The number of benzene rings is 1. The topological polar surface area (TPSA) is 20.3 Å². The van der Waals surface area contributed by atoms with Crippen molar-refractivity contribution in [3.05, 3.63) is 35.9 Å². The highest BCUT2D eigenvalue weighted by molar-refractivity contribution is 5.98. The average Bonchev–Trinajstić information content (AvgIpc) is 2.40. The summed E-state index contributed by atoms with van der Waals surface area (Å²) in [5, 5.41) is 0. The van der Waals surface area contributed by atoms with E-state index < -0.39 is 0 Å². The van der Waals surface area contributed by atoms with E-state index in [1.165, 1.54) is 25.9 Å². The van der Waals surface area contributed by atoms with Gasteiger partial charge < -0.3 is 4.90 Å². The van der Waals surface area contributed by atoms with Gasteiger partial charge in [-0.15, -0.1) is 0 Å². The number of hydrogen-bond acceptors (Lipinski definition) is 2. The number of fused-ring (bicyclic) bond motifs is 3. The zero-order valence-corrected chi connectivity index (χ0v) is 9.43. The van der Waals surface area contributed by atoms with E-state index in [1.54, 1.807) is 0 Å². The van der Waals surface area contributed by atoms with Crippen LogP contribution in [-0.4, -0.2) is 30.3 Å². The van der Waals surface area contributed by atoms with Crippen molar-refractivity contribution >= 4 is 5.78 Å². The van der Waals surface area contributed by atoms with E-state index in [-0.39, 0.29) is 5.92 Å². The molecular weight excluding hydrogens is 198 g/mol. The molecule has 0 spiro atoms. The molecule has 3 aliphatic heterocycles. The van der Waals surface area contributed by atoms with E-state index in [4.69, 9.17) is 0 Å². The zero-order valence-electron chi connectivity index (χ0n) is 9.43. The Hall–Kier alpha value is -1.15. The summed E-state index contributed by atoms with van der Waals surface area (Å²) in [6.07, 6.45) is 2.42. The predicted molar refractivity (Wildman–Crippen MR) is 63.4 cm³/mol. The fourth-order valence-electron chi connectivity index (χ4n) is 3.08. The van der Waals surface area contributed by atoms with Crippen LogP contribution in [0.25, 0.3) is 0 Å². The lowest BCUT2D eigenvalue weighted by molar-refractivity contribution is 0.0419. The van der Waals surface area contributed by atoms with Gasteiger partial charge in [-0.3, -0.25) is 4.79 Å². The molecule has 2 nitrogen and oxygen atoms in total. The summed E-state index contributed by atoms with van der Waals surface area (Å²) in [5.41, 5.74) is 0.890. The molecule has 0 radical (unpaired) electrons. The van der Waals surface area contributed by atoms with Gasteiger partial charge >= 0.3 is 0 Å². The lowest BCUT2D eigenvalue weighted by Crippen LogP contribution is -2.50. The number of hydrogen-bond donors (Lipinski definition) is 0. The van der Waals surface area contributed by atoms with Crippen molar-refractivity contribution in [2.24, 2.45) is 11.8 Å². The minimum atomic E-state index is 0.255. The first-order valence-electron chi connectivity index (χ1n) is 6.16. The molecule has 3 heterocycles. The van der Waals surface area contributed by atoms with E-state index in [0.29, 0.717) is 11.7 Å². The number of ketones is 1. The van der Waals surface area contributed by atoms with Crippen LogP contribution in [0.5, 0.6) is 0 Å². The zero-order chi connectivity index (χ0) is 11.0. The first-order valence-corrected chi connectivity index (χ1v) is 6.16. The third-order valence-electron chi connectivity index (χ3n) is 4.05. The van der Waals surface area contributed by atoms with Crippen LogP contribution < -0.4 is 0 Å². The summed E-state index contributed by atoms with van der Waals surface area (Å²) in [4.78, 5) is 14.8. The van der Waals surface area contributed by atoms with Crippen molar-refractivity contribution in [1.82, 2.24) is 4.90 Å². The van der Waals surface area contributed by atoms with Crippen molar-refractivity contribution in [2.75, 3.05) is 19.6 Å². The first kappa shape index (κ1) is 10.0. The lowest BCUT2D eigenvalue weighted by atomic mass is 9.75. The SMILES string of the molecule is O=C(c1ccccc1)C1CN2CCC1CC2. The minimum Gasteiger partial charge on any atom is -0.303 e. The molecular formula is C14H17NO. The van der Waals surface area contributed by atoms with Crippen LogP contribution in [-0.2, 0) is 0 Å². The van der Waals surface area contributed by atoms with Gasteiger partial charge in [0.1, 0.15) is 0 Å². The van der Waals surface area contributed by atoms with Crippen molar-refractivity contribution in [2.45, 2.75) is 12.8 Å². The number of nitrogens with zero attached hydrogens (tertiary/aromatic N) is 1. The highest BCUT2D eigenvalue weighted by Crippen LogP contribution is 2.34. The highest BCUT2D eigenvalue weighted by atomic mass is 16.1. The number of Topliss-reactive ketones (excluding diaryl/α,β-unsaturated/α-hetero) is 1. The van der Waals surface area contributed by atoms with Gasteiger partial charge in [0.15, 0.2) is 5.78 Å². The highest BCUT2D eigenvalue weighted by Gasteiger charge is 2.38. The van der Waals surface area contributed by atoms with Gasteiger partial charge in [-0.1, -0.05) is 30.3 Å². The molecule has 0 aliphatic carbocycles. The molecule has 3 aliphatic rings. The minimum absolute atomic E-state index is 0.255. The van der Waals surface area contributed by atoms with Gasteiger partial charge in [0, 0.05) is 18.0 Å². The summed E-state index contributed by atoms with van der Waals surface area (Å²) < 4.78 is 0. The van der Waals surface area contributed by atoms with Crippen LogP contribution in [0.2, 0.25) is 0 Å². The van der Waals surface area contributed by atoms with E-state index in [0.717, 1.165) is 12.1 Å². The fourth-order valence-corrected chi connectivity index (χ4v) is 3.08. The molecule has 1 aromatic rings. The molecule has 1 unspecified atom stereocenters. The normalized spacial score (nSPS) is 32.6. The first-order chi connectivity index (χ1) is 7.84. The maximum Gasteiger partial charge on any atom is 0.167 e. The summed E-state index contributed by atoms with van der Waals surface area (Å²) in [6.45, 7) is 3.38. The monoisotopic (exact) mass is 215 g/mol. The summed E-state index contributed by atoms with van der Waals surface area (Å²) in [6, 6.07) is 9.76. The van der Waals surface area contributed by atoms with Crippen LogP contribution in [0.3, 0.4) is 0 Å². The maximum atomic E-state index is 12.4. The Morgan fingerprint density at radius 3 is 2.38 bits per heavy atom. The molecule has 16 heavy (non-hydrogen) atoms. The Kier molecular flexibility index (Phi) is 2.52. The smallest absolute Gasteiger partial charge is 0.167 e. The second-order valence-corrected chi connectivity index (χ2v) is 4.97. The van der Waals surface area contributed by atoms with Gasteiger partial charge in [0.05, 0.1) is 0 Å². The molecule has 2 bridgehead atoms. The molecule has 0 amide bonds. The van der Waals surface area contributed by atoms with Gasteiger partial charge in [0.2, 0.25) is 0 Å². The Bertz CT molecular complexity index is 379. The quantitative estimate of drug-likeness (QED) is 0.705. The standard InChI is InChI=1S/C14H17NO/c16-14(12-4-2-1-3-5-12)13-10-15-8-6-11(13)7-9-15/h1-5,11,13H,6-10H2. The largest absolute Gasteiger partial charge is 0.303 e. The summed E-state index contributed by atoms with van der Waals surface area (Å²) in [7, 11) is 0. The molecule has 0 aromatic heterocycles. The van der Waals surface area contributed by atoms with Crippen molar-refractivity contribution in [3.8, 4) is 0 Å². The average molecular weight is 215 g/mol. The maximum absolute atomic E-state index is 12.4. The third-order valence-corrected chi connectivity index (χ3v) is 4.05. The van der Waals surface area contributed by atoms with Gasteiger partial charge in [0.25, 0.3) is 0 Å². The Morgan fingerprint density at radius 1 is 1.12 bits per heavy atom. The Labute approximate surface area is 96.3 Å². The van der Waals surface area contributed by atoms with Gasteiger partial charge in [-0.25, -0.2) is 0 Å². The van der Waals surface area contributed by atoms with Crippen molar-refractivity contribution in [3.63, 3.8) is 0 Å². The fraction of sp³-hybridized carbons (Fsp3) is 0.500. The molecule has 0 N–H and O–H groups in total. The van der Waals surface area contributed by atoms with Crippen molar-refractivity contribution in [1.29, 1.82) is 0 Å². The second-order valence-electron chi connectivity index (χ2n) is 4.97. The Morgan fingerprint density at radius 2 is 1.81 bits per heavy atom. The number of carbonyl (C=O) groups excluding carboxylic acids is 1. The molecule has 2 heteroatoms. The number of piperidine rings is 3. The second kappa shape index (κ2) is 4.02. The number of carbonyl (C=O) groups is 1. The van der Waals surface area contributed by atoms with E-state index in [2.05, 4.69) is 4.90 Å². The molecule has 3 saturated heterocycles. The summed E-state index contributed by atoms with van der Waals surface area (Å²) in [5.74, 6) is 1.25. The van der Waals surface area contributed by atoms with Gasteiger partial charge in [-0.05, 0) is 31.8 Å². The molecule has 84 valence electrons. The Balaban J connectivity index is 1.81. The number of rotatable bonds is 2. The van der Waals surface area contributed by atoms with E-state index >= 15 is 0 Å². The molecule has 0 saturated carbocycles. The van der Waals surface area contributed by atoms with Gasteiger partial charge in [-0.2, -0.15) is 0 Å². The van der Waals surface area contributed by atoms with Crippen molar-refractivity contribution < 1.29 is 4.79 Å². The van der Waals surface area contributed by atoms with E-state index in [9.17, 15) is 4.79 Å². The van der Waals surface area contributed by atoms with Crippen LogP contribution in [0, 0.1) is 11.8 Å². The lowest BCUT2D eigenvalue weighted by Gasteiger charge is -2.44. The van der Waals surface area contributed by atoms with Crippen LogP contribution in [0.15, 0.2) is 30.3 Å². The van der Waals surface area contributed by atoms with Crippen LogP contribution >= 0.6 is 0 Å². The molecule has 1 aromatic carbocycles. The molecule has 4 rings (SSSR count). The van der Waals surface area contributed by atoms with E-state index in [1.807, 2.05) is 30.3 Å². The van der Waals surface area contributed by atoms with Crippen LogP contribution in [0.4, 0.5) is 0 Å². The molecule has 1 atom stereocenters. The summed E-state index contributed by atoms with van der Waals surface area (Å²) >= 11 is 0.